The summed E-state index contributed by atoms with van der Waals surface area (Å²) >= 11 is 0. The van der Waals surface area contributed by atoms with Crippen molar-refractivity contribution in [2.75, 3.05) is 19.6 Å². The van der Waals surface area contributed by atoms with E-state index in [1.807, 2.05) is 0 Å². The molecule has 0 saturated carbocycles. The Morgan fingerprint density at radius 3 is 2.07 bits per heavy atom. The van der Waals surface area contributed by atoms with E-state index in [1.165, 1.54) is 19.6 Å². The third-order valence-corrected chi connectivity index (χ3v) is 3.27. The van der Waals surface area contributed by atoms with Crippen molar-refractivity contribution >= 4 is 0 Å². The molecule has 0 aliphatic carbocycles. The van der Waals surface area contributed by atoms with Gasteiger partial charge in [-0.3, -0.25) is 9.80 Å². The summed E-state index contributed by atoms with van der Waals surface area (Å²) in [7, 11) is 0. The molecule has 0 N–H and O–H groups in total. The van der Waals surface area contributed by atoms with Crippen LogP contribution in [0.25, 0.3) is 0 Å². The second kappa shape index (κ2) is 4.19. The second-order valence-corrected chi connectivity index (χ2v) is 5.51. The van der Waals surface area contributed by atoms with E-state index in [-0.39, 0.29) is 0 Å². The minimum atomic E-state index is 0.358. The predicted molar refractivity (Wildman–Crippen MR) is 62.3 cm³/mol. The highest BCUT2D eigenvalue weighted by molar-refractivity contribution is 4.92. The molecule has 2 nitrogen and oxygen atoms in total. The van der Waals surface area contributed by atoms with E-state index in [1.54, 1.807) is 0 Å². The fourth-order valence-electron chi connectivity index (χ4n) is 2.83. The van der Waals surface area contributed by atoms with Crippen LogP contribution in [0.5, 0.6) is 0 Å². The standard InChI is InChI=1S/C12H26N2/c1-7-13-9-10(3)14(8-2)11(13)12(4,5)6/h10-11H,7-9H2,1-6H3/t10-,11?/m0/s1. The molecule has 1 unspecified atom stereocenters. The van der Waals surface area contributed by atoms with E-state index in [4.69, 9.17) is 0 Å². The van der Waals surface area contributed by atoms with Crippen molar-refractivity contribution in [3.05, 3.63) is 0 Å². The molecule has 14 heavy (non-hydrogen) atoms. The molecule has 0 bridgehead atoms. The lowest BCUT2D eigenvalue weighted by Crippen LogP contribution is -2.48. The molecule has 1 rings (SSSR count). The van der Waals surface area contributed by atoms with Gasteiger partial charge < -0.3 is 0 Å². The molecule has 84 valence electrons. The van der Waals surface area contributed by atoms with Gasteiger partial charge in [-0.2, -0.15) is 0 Å². The summed E-state index contributed by atoms with van der Waals surface area (Å²) in [6.45, 7) is 17.5. The Labute approximate surface area is 89.3 Å². The Bertz CT molecular complexity index is 183. The maximum atomic E-state index is 2.63. The molecule has 0 aromatic heterocycles. The highest BCUT2D eigenvalue weighted by atomic mass is 15.4. The Morgan fingerprint density at radius 1 is 1.14 bits per heavy atom. The summed E-state index contributed by atoms with van der Waals surface area (Å²) in [6.07, 6.45) is 0.618. The van der Waals surface area contributed by atoms with Gasteiger partial charge in [0, 0.05) is 12.6 Å². The van der Waals surface area contributed by atoms with Crippen molar-refractivity contribution in [2.24, 2.45) is 5.41 Å². The van der Waals surface area contributed by atoms with Crippen LogP contribution in [0.3, 0.4) is 0 Å². The molecule has 1 aliphatic heterocycles. The highest BCUT2D eigenvalue weighted by Gasteiger charge is 2.41. The predicted octanol–water partition coefficient (Wildman–Crippen LogP) is 2.40. The van der Waals surface area contributed by atoms with Crippen molar-refractivity contribution in [1.82, 2.24) is 9.80 Å². The van der Waals surface area contributed by atoms with Crippen LogP contribution in [-0.2, 0) is 0 Å². The first kappa shape index (κ1) is 12.0. The van der Waals surface area contributed by atoms with Crippen LogP contribution >= 0.6 is 0 Å². The van der Waals surface area contributed by atoms with E-state index in [2.05, 4.69) is 51.3 Å². The van der Waals surface area contributed by atoms with Crippen LogP contribution in [0, 0.1) is 5.41 Å². The van der Waals surface area contributed by atoms with Crippen LogP contribution in [0.15, 0.2) is 0 Å². The summed E-state index contributed by atoms with van der Waals surface area (Å²) in [5, 5.41) is 0. The first-order valence-corrected chi connectivity index (χ1v) is 5.91. The zero-order chi connectivity index (χ0) is 10.9. The number of nitrogens with zero attached hydrogens (tertiary/aromatic N) is 2. The van der Waals surface area contributed by atoms with E-state index in [0.29, 0.717) is 17.6 Å². The van der Waals surface area contributed by atoms with Crippen molar-refractivity contribution in [3.63, 3.8) is 0 Å². The Hall–Kier alpha value is -0.0800. The minimum Gasteiger partial charge on any atom is -0.286 e. The molecule has 0 aromatic carbocycles. The van der Waals surface area contributed by atoms with Gasteiger partial charge in [-0.15, -0.1) is 0 Å². The molecule has 2 heteroatoms. The largest absolute Gasteiger partial charge is 0.286 e. The zero-order valence-corrected chi connectivity index (χ0v) is 10.7. The highest BCUT2D eigenvalue weighted by Crippen LogP contribution is 2.33. The SMILES string of the molecule is CCN1C[C@H](C)N(CC)C1C(C)(C)C. The molecule has 1 saturated heterocycles. The molecular weight excluding hydrogens is 172 g/mol. The number of likely N-dealkylation sites (N-methyl/N-ethyl adjacent to an activating group) is 2. The van der Waals surface area contributed by atoms with Crippen LogP contribution in [0.4, 0.5) is 0 Å². The number of hydrogen-bond donors (Lipinski definition) is 0. The van der Waals surface area contributed by atoms with Gasteiger partial charge >= 0.3 is 0 Å². The Morgan fingerprint density at radius 2 is 1.71 bits per heavy atom. The molecule has 0 aromatic rings. The molecule has 0 amide bonds. The van der Waals surface area contributed by atoms with Crippen LogP contribution in [0.1, 0.15) is 41.5 Å². The molecule has 2 atom stereocenters. The number of hydrogen-bond acceptors (Lipinski definition) is 2. The molecule has 1 fully saturated rings. The molecule has 1 heterocycles. The summed E-state index contributed by atoms with van der Waals surface area (Å²) in [4.78, 5) is 5.23. The summed E-state index contributed by atoms with van der Waals surface area (Å²) in [5.74, 6) is 0. The zero-order valence-electron chi connectivity index (χ0n) is 10.7. The summed E-state index contributed by atoms with van der Waals surface area (Å²) in [6, 6.07) is 0.712. The Balaban J connectivity index is 2.85. The van der Waals surface area contributed by atoms with Gasteiger partial charge in [0.25, 0.3) is 0 Å². The van der Waals surface area contributed by atoms with Crippen molar-refractivity contribution in [1.29, 1.82) is 0 Å². The lowest BCUT2D eigenvalue weighted by molar-refractivity contribution is 0.0365. The molecule has 1 aliphatic rings. The van der Waals surface area contributed by atoms with Gasteiger partial charge in [-0.1, -0.05) is 34.6 Å². The molecular formula is C12H26N2. The fourth-order valence-corrected chi connectivity index (χ4v) is 2.83. The van der Waals surface area contributed by atoms with E-state index < -0.39 is 0 Å². The third-order valence-electron chi connectivity index (χ3n) is 3.27. The first-order valence-electron chi connectivity index (χ1n) is 5.91. The van der Waals surface area contributed by atoms with E-state index in [9.17, 15) is 0 Å². The quantitative estimate of drug-likeness (QED) is 0.672. The van der Waals surface area contributed by atoms with Crippen LogP contribution in [-0.4, -0.2) is 41.6 Å². The van der Waals surface area contributed by atoms with Crippen LogP contribution < -0.4 is 0 Å². The average molecular weight is 198 g/mol. The third kappa shape index (κ3) is 2.12. The van der Waals surface area contributed by atoms with Gasteiger partial charge in [-0.25, -0.2) is 0 Å². The van der Waals surface area contributed by atoms with Crippen molar-refractivity contribution < 1.29 is 0 Å². The normalized spacial score (nSPS) is 31.3. The Kier molecular flexibility index (Phi) is 3.59. The molecule has 0 spiro atoms. The average Bonchev–Trinajstić information content (AvgIpc) is 2.40. The van der Waals surface area contributed by atoms with Gasteiger partial charge in [0.2, 0.25) is 0 Å². The maximum Gasteiger partial charge on any atom is 0.0675 e. The fraction of sp³-hybridized carbons (Fsp3) is 1.00. The van der Waals surface area contributed by atoms with E-state index in [0.717, 1.165) is 0 Å². The second-order valence-electron chi connectivity index (χ2n) is 5.51. The minimum absolute atomic E-state index is 0.358. The monoisotopic (exact) mass is 198 g/mol. The molecule has 0 radical (unpaired) electrons. The lowest BCUT2D eigenvalue weighted by Gasteiger charge is -2.40. The summed E-state index contributed by atoms with van der Waals surface area (Å²) < 4.78 is 0. The topological polar surface area (TPSA) is 6.48 Å². The van der Waals surface area contributed by atoms with Gasteiger partial charge in [0.15, 0.2) is 0 Å². The number of rotatable bonds is 2. The first-order chi connectivity index (χ1) is 6.41. The smallest absolute Gasteiger partial charge is 0.0675 e. The van der Waals surface area contributed by atoms with Crippen molar-refractivity contribution in [2.45, 2.75) is 53.8 Å². The van der Waals surface area contributed by atoms with Gasteiger partial charge in [0.1, 0.15) is 0 Å². The summed E-state index contributed by atoms with van der Waals surface area (Å²) in [5.41, 5.74) is 0.358. The van der Waals surface area contributed by atoms with Crippen LogP contribution in [0.2, 0.25) is 0 Å². The lowest BCUT2D eigenvalue weighted by atomic mass is 9.91. The van der Waals surface area contributed by atoms with Gasteiger partial charge in [-0.05, 0) is 25.4 Å². The maximum absolute atomic E-state index is 2.63. The van der Waals surface area contributed by atoms with E-state index >= 15 is 0 Å². The van der Waals surface area contributed by atoms with Gasteiger partial charge in [0.05, 0.1) is 6.17 Å². The van der Waals surface area contributed by atoms with Crippen molar-refractivity contribution in [3.8, 4) is 0 Å².